The second-order valence-electron chi connectivity index (χ2n) is 7.67. The SMILES string of the molecule is CCCCn1nc(C)c(/C=C/C(=O)Nc2cccc(C(=O)N3CCCC3)c2C)c1Cl. The first-order chi connectivity index (χ1) is 14.4. The number of likely N-dealkylation sites (tertiary alicyclic amines) is 1. The van der Waals surface area contributed by atoms with Gasteiger partial charge in [-0.2, -0.15) is 5.10 Å². The molecule has 2 amide bonds. The molecule has 1 N–H and O–H groups in total. The fourth-order valence-electron chi connectivity index (χ4n) is 3.64. The summed E-state index contributed by atoms with van der Waals surface area (Å²) in [6.45, 7) is 8.20. The highest BCUT2D eigenvalue weighted by Gasteiger charge is 2.22. The first-order valence-corrected chi connectivity index (χ1v) is 10.9. The summed E-state index contributed by atoms with van der Waals surface area (Å²) in [4.78, 5) is 27.1. The third-order valence-corrected chi connectivity index (χ3v) is 5.85. The van der Waals surface area contributed by atoms with Crippen molar-refractivity contribution in [1.82, 2.24) is 14.7 Å². The Bertz CT molecular complexity index is 958. The van der Waals surface area contributed by atoms with Crippen LogP contribution in [0.5, 0.6) is 0 Å². The summed E-state index contributed by atoms with van der Waals surface area (Å²) in [7, 11) is 0. The quantitative estimate of drug-likeness (QED) is 0.641. The topological polar surface area (TPSA) is 67.2 Å². The number of halogens is 1. The van der Waals surface area contributed by atoms with E-state index in [0.29, 0.717) is 16.4 Å². The summed E-state index contributed by atoms with van der Waals surface area (Å²) < 4.78 is 1.77. The second kappa shape index (κ2) is 9.94. The summed E-state index contributed by atoms with van der Waals surface area (Å²) in [6, 6.07) is 5.42. The number of amides is 2. The van der Waals surface area contributed by atoms with Crippen molar-refractivity contribution < 1.29 is 9.59 Å². The monoisotopic (exact) mass is 428 g/mol. The van der Waals surface area contributed by atoms with Gasteiger partial charge >= 0.3 is 0 Å². The molecule has 3 rings (SSSR count). The Labute approximate surface area is 182 Å². The number of anilines is 1. The molecular formula is C23H29ClN4O2. The van der Waals surface area contributed by atoms with Gasteiger partial charge < -0.3 is 10.2 Å². The van der Waals surface area contributed by atoms with Crippen LogP contribution in [0.1, 0.15) is 59.8 Å². The molecule has 7 heteroatoms. The Morgan fingerprint density at radius 2 is 1.97 bits per heavy atom. The minimum atomic E-state index is -0.277. The molecule has 0 atom stereocenters. The summed E-state index contributed by atoms with van der Waals surface area (Å²) in [6.07, 6.45) is 7.29. The number of benzene rings is 1. The maximum absolute atomic E-state index is 12.7. The first kappa shape index (κ1) is 22.1. The lowest BCUT2D eigenvalue weighted by molar-refractivity contribution is -0.111. The van der Waals surface area contributed by atoms with Crippen molar-refractivity contribution in [3.05, 3.63) is 51.8 Å². The molecule has 6 nitrogen and oxygen atoms in total. The first-order valence-electron chi connectivity index (χ1n) is 10.5. The normalized spacial score (nSPS) is 13.9. The molecule has 160 valence electrons. The Morgan fingerprint density at radius 3 is 2.67 bits per heavy atom. The van der Waals surface area contributed by atoms with Gasteiger partial charge in [-0.3, -0.25) is 14.3 Å². The molecular weight excluding hydrogens is 400 g/mol. The lowest BCUT2D eigenvalue weighted by atomic mass is 10.1. The number of aromatic nitrogens is 2. The Hall–Kier alpha value is -2.60. The maximum Gasteiger partial charge on any atom is 0.254 e. The number of rotatable bonds is 7. The van der Waals surface area contributed by atoms with E-state index in [0.717, 1.165) is 62.1 Å². The van der Waals surface area contributed by atoms with Crippen molar-refractivity contribution in [2.45, 2.75) is 53.0 Å². The number of carbonyl (C=O) groups is 2. The molecule has 1 fully saturated rings. The molecule has 0 unspecified atom stereocenters. The Kier molecular flexibility index (Phi) is 7.32. The number of carbonyl (C=O) groups excluding carboxylic acids is 2. The molecule has 0 saturated carbocycles. The van der Waals surface area contributed by atoms with Crippen molar-refractivity contribution in [3.63, 3.8) is 0 Å². The highest BCUT2D eigenvalue weighted by atomic mass is 35.5. The Balaban J connectivity index is 1.72. The second-order valence-corrected chi connectivity index (χ2v) is 8.02. The van der Waals surface area contributed by atoms with Crippen LogP contribution in [0.25, 0.3) is 6.08 Å². The molecule has 0 radical (unpaired) electrons. The van der Waals surface area contributed by atoms with Crippen LogP contribution >= 0.6 is 11.6 Å². The highest BCUT2D eigenvalue weighted by Crippen LogP contribution is 2.24. The van der Waals surface area contributed by atoms with Crippen LogP contribution in [0.4, 0.5) is 5.69 Å². The van der Waals surface area contributed by atoms with Crippen LogP contribution in [0.15, 0.2) is 24.3 Å². The van der Waals surface area contributed by atoms with Crippen molar-refractivity contribution >= 4 is 35.2 Å². The molecule has 1 aromatic heterocycles. The Morgan fingerprint density at radius 1 is 1.23 bits per heavy atom. The van der Waals surface area contributed by atoms with Crippen LogP contribution in [-0.4, -0.2) is 39.6 Å². The predicted octanol–water partition coefficient (Wildman–Crippen LogP) is 4.84. The molecule has 2 heterocycles. The van der Waals surface area contributed by atoms with E-state index in [1.54, 1.807) is 16.8 Å². The molecule has 0 aliphatic carbocycles. The summed E-state index contributed by atoms with van der Waals surface area (Å²) in [5.41, 5.74) is 3.58. The summed E-state index contributed by atoms with van der Waals surface area (Å²) in [5.74, 6) is -0.251. The van der Waals surface area contributed by atoms with E-state index in [1.165, 1.54) is 6.08 Å². The summed E-state index contributed by atoms with van der Waals surface area (Å²) in [5, 5.41) is 7.87. The molecule has 0 bridgehead atoms. The minimum absolute atomic E-state index is 0.0264. The van der Waals surface area contributed by atoms with Crippen molar-refractivity contribution in [2.24, 2.45) is 0 Å². The van der Waals surface area contributed by atoms with E-state index in [-0.39, 0.29) is 11.8 Å². The maximum atomic E-state index is 12.7. The van der Waals surface area contributed by atoms with Crippen molar-refractivity contribution in [2.75, 3.05) is 18.4 Å². The van der Waals surface area contributed by atoms with Crippen molar-refractivity contribution in [1.29, 1.82) is 0 Å². The van der Waals surface area contributed by atoms with E-state index in [9.17, 15) is 9.59 Å². The van der Waals surface area contributed by atoms with Gasteiger partial charge in [-0.1, -0.05) is 31.0 Å². The number of unbranched alkanes of at least 4 members (excludes halogenated alkanes) is 1. The lowest BCUT2D eigenvalue weighted by Gasteiger charge is -2.18. The number of aryl methyl sites for hydroxylation is 2. The smallest absolute Gasteiger partial charge is 0.254 e. The van der Waals surface area contributed by atoms with Crippen LogP contribution in [0.3, 0.4) is 0 Å². The molecule has 2 aromatic rings. The van der Waals surface area contributed by atoms with Crippen LogP contribution in [0, 0.1) is 13.8 Å². The van der Waals surface area contributed by atoms with Gasteiger partial charge in [0.25, 0.3) is 5.91 Å². The fraction of sp³-hybridized carbons (Fsp3) is 0.435. The summed E-state index contributed by atoms with van der Waals surface area (Å²) >= 11 is 6.43. The number of hydrogen-bond donors (Lipinski definition) is 1. The molecule has 1 saturated heterocycles. The van der Waals surface area contributed by atoms with Crippen LogP contribution in [-0.2, 0) is 11.3 Å². The van der Waals surface area contributed by atoms with Gasteiger partial charge in [0.2, 0.25) is 5.91 Å². The van der Waals surface area contributed by atoms with Gasteiger partial charge in [0.05, 0.1) is 5.69 Å². The number of nitrogens with one attached hydrogen (secondary N) is 1. The molecule has 0 spiro atoms. The van der Waals surface area contributed by atoms with Gasteiger partial charge in [0.15, 0.2) is 0 Å². The standard InChI is InChI=1S/C23H29ClN4O2/c1-4-5-15-28-22(24)19(17(3)26-28)11-12-21(29)25-20-10-8-9-18(16(20)2)23(30)27-13-6-7-14-27/h8-12H,4-7,13-15H2,1-3H3,(H,25,29)/b12-11+. The molecule has 1 aromatic carbocycles. The minimum Gasteiger partial charge on any atom is -0.339 e. The zero-order chi connectivity index (χ0) is 21.7. The van der Waals surface area contributed by atoms with Gasteiger partial charge in [0.1, 0.15) is 5.15 Å². The predicted molar refractivity (Wildman–Crippen MR) is 121 cm³/mol. The van der Waals surface area contributed by atoms with Crippen LogP contribution < -0.4 is 5.32 Å². The fourth-order valence-corrected chi connectivity index (χ4v) is 3.96. The van der Waals surface area contributed by atoms with Gasteiger partial charge in [0, 0.05) is 42.5 Å². The van der Waals surface area contributed by atoms with Crippen molar-refractivity contribution in [3.8, 4) is 0 Å². The van der Waals surface area contributed by atoms with E-state index in [1.807, 2.05) is 30.9 Å². The van der Waals surface area contributed by atoms with E-state index in [4.69, 9.17) is 11.6 Å². The van der Waals surface area contributed by atoms with Gasteiger partial charge in [-0.05, 0) is 56.9 Å². The number of nitrogens with zero attached hydrogens (tertiary/aromatic N) is 3. The molecule has 30 heavy (non-hydrogen) atoms. The average molecular weight is 429 g/mol. The zero-order valence-corrected chi connectivity index (χ0v) is 18.6. The lowest BCUT2D eigenvalue weighted by Crippen LogP contribution is -2.28. The van der Waals surface area contributed by atoms with E-state index in [2.05, 4.69) is 17.3 Å². The zero-order valence-electron chi connectivity index (χ0n) is 17.9. The van der Waals surface area contributed by atoms with E-state index >= 15 is 0 Å². The molecule has 1 aliphatic heterocycles. The average Bonchev–Trinajstić information content (AvgIpc) is 3.35. The van der Waals surface area contributed by atoms with Gasteiger partial charge in [-0.25, -0.2) is 0 Å². The third kappa shape index (κ3) is 4.93. The number of hydrogen-bond acceptors (Lipinski definition) is 3. The van der Waals surface area contributed by atoms with Crippen LogP contribution in [0.2, 0.25) is 5.15 Å². The largest absolute Gasteiger partial charge is 0.339 e. The third-order valence-electron chi connectivity index (χ3n) is 5.45. The molecule has 1 aliphatic rings. The van der Waals surface area contributed by atoms with Gasteiger partial charge in [-0.15, -0.1) is 0 Å². The van der Waals surface area contributed by atoms with E-state index < -0.39 is 0 Å². The highest BCUT2D eigenvalue weighted by molar-refractivity contribution is 6.31.